The van der Waals surface area contributed by atoms with E-state index in [1.165, 1.54) is 6.07 Å². The van der Waals surface area contributed by atoms with Crippen LogP contribution < -0.4 is 10.9 Å². The summed E-state index contributed by atoms with van der Waals surface area (Å²) in [6, 6.07) is 12.2. The maximum atomic E-state index is 12.2. The summed E-state index contributed by atoms with van der Waals surface area (Å²) in [5.41, 5.74) is 1.48. The number of pyridine rings is 1. The van der Waals surface area contributed by atoms with Gasteiger partial charge in [-0.15, -0.1) is 0 Å². The average molecular weight is 336 g/mol. The molecule has 0 amide bonds. The molecule has 0 spiro atoms. The lowest BCUT2D eigenvalue weighted by molar-refractivity contribution is 0.190. The van der Waals surface area contributed by atoms with Crippen LogP contribution in [0, 0.1) is 0 Å². The SMILES string of the molecule is O=c1ccc(CNC[C@H](O)CP(=O)(O)Cc2ccccc2)c[nH]1. The second-order valence-electron chi connectivity index (χ2n) is 5.52. The third-order valence-corrected chi connectivity index (χ3v) is 5.18. The normalized spacial score (nSPS) is 15.0. The Kier molecular flexibility index (Phi) is 6.30. The first-order chi connectivity index (χ1) is 10.9. The quantitative estimate of drug-likeness (QED) is 0.544. The average Bonchev–Trinajstić information content (AvgIpc) is 2.49. The van der Waals surface area contributed by atoms with Gasteiger partial charge in [-0.05, 0) is 11.1 Å². The van der Waals surface area contributed by atoms with Crippen LogP contribution in [-0.2, 0) is 17.3 Å². The molecule has 6 nitrogen and oxygen atoms in total. The first kappa shape index (κ1) is 17.6. The van der Waals surface area contributed by atoms with Crippen LogP contribution in [0.2, 0.25) is 0 Å². The van der Waals surface area contributed by atoms with Gasteiger partial charge in [-0.3, -0.25) is 9.36 Å². The molecule has 124 valence electrons. The zero-order chi connectivity index (χ0) is 16.7. The van der Waals surface area contributed by atoms with Crippen molar-refractivity contribution in [1.82, 2.24) is 10.3 Å². The molecule has 1 heterocycles. The largest absolute Gasteiger partial charge is 0.391 e. The Morgan fingerprint density at radius 3 is 2.52 bits per heavy atom. The highest BCUT2D eigenvalue weighted by Crippen LogP contribution is 2.44. The fourth-order valence-electron chi connectivity index (χ4n) is 2.26. The molecule has 1 unspecified atom stereocenters. The minimum absolute atomic E-state index is 0.0603. The highest BCUT2D eigenvalue weighted by Gasteiger charge is 2.23. The van der Waals surface area contributed by atoms with E-state index in [-0.39, 0.29) is 24.4 Å². The monoisotopic (exact) mass is 336 g/mol. The Balaban J connectivity index is 1.77. The molecule has 0 aliphatic rings. The summed E-state index contributed by atoms with van der Waals surface area (Å²) in [5, 5.41) is 12.9. The molecule has 2 rings (SSSR count). The Hall–Kier alpha value is -1.72. The van der Waals surface area contributed by atoms with Crippen LogP contribution in [0.4, 0.5) is 0 Å². The van der Waals surface area contributed by atoms with E-state index < -0.39 is 13.5 Å². The van der Waals surface area contributed by atoms with E-state index in [2.05, 4.69) is 10.3 Å². The van der Waals surface area contributed by atoms with Crippen molar-refractivity contribution in [2.75, 3.05) is 12.7 Å². The van der Waals surface area contributed by atoms with E-state index in [1.54, 1.807) is 24.4 Å². The second-order valence-corrected chi connectivity index (χ2v) is 7.89. The van der Waals surface area contributed by atoms with Gasteiger partial charge in [-0.25, -0.2) is 0 Å². The molecule has 0 aliphatic carbocycles. The van der Waals surface area contributed by atoms with Gasteiger partial charge >= 0.3 is 0 Å². The van der Waals surface area contributed by atoms with Crippen molar-refractivity contribution in [3.05, 3.63) is 70.1 Å². The summed E-state index contributed by atoms with van der Waals surface area (Å²) in [5.74, 6) is 0. The van der Waals surface area contributed by atoms with Crippen molar-refractivity contribution >= 4 is 7.37 Å². The molecule has 1 aromatic carbocycles. The van der Waals surface area contributed by atoms with Crippen molar-refractivity contribution in [2.24, 2.45) is 0 Å². The third-order valence-electron chi connectivity index (χ3n) is 3.33. The molecule has 7 heteroatoms. The van der Waals surface area contributed by atoms with Crippen molar-refractivity contribution in [3.63, 3.8) is 0 Å². The van der Waals surface area contributed by atoms with E-state index in [0.29, 0.717) is 6.54 Å². The van der Waals surface area contributed by atoms with E-state index in [9.17, 15) is 19.4 Å². The number of aliphatic hydroxyl groups excluding tert-OH is 1. The minimum Gasteiger partial charge on any atom is -0.391 e. The number of H-pyrrole nitrogens is 1. The lowest BCUT2D eigenvalue weighted by atomic mass is 10.2. The van der Waals surface area contributed by atoms with Crippen LogP contribution in [0.1, 0.15) is 11.1 Å². The van der Waals surface area contributed by atoms with E-state index in [1.807, 2.05) is 18.2 Å². The zero-order valence-electron chi connectivity index (χ0n) is 12.7. The number of benzene rings is 1. The molecule has 0 radical (unpaired) electrons. The smallest absolute Gasteiger partial charge is 0.247 e. The first-order valence-corrected chi connectivity index (χ1v) is 9.39. The van der Waals surface area contributed by atoms with Crippen LogP contribution in [0.25, 0.3) is 0 Å². The van der Waals surface area contributed by atoms with Gasteiger partial charge in [0.15, 0.2) is 0 Å². The highest BCUT2D eigenvalue weighted by molar-refractivity contribution is 7.57. The van der Waals surface area contributed by atoms with Gasteiger partial charge in [0, 0.05) is 31.5 Å². The molecular weight excluding hydrogens is 315 g/mol. The lowest BCUT2D eigenvalue weighted by Crippen LogP contribution is -2.29. The molecule has 2 atom stereocenters. The number of aromatic amines is 1. The predicted molar refractivity (Wildman–Crippen MR) is 89.6 cm³/mol. The number of hydrogen-bond acceptors (Lipinski definition) is 4. The molecule has 0 bridgehead atoms. The molecular formula is C16H21N2O4P. The molecule has 23 heavy (non-hydrogen) atoms. The second kappa shape index (κ2) is 8.22. The molecule has 1 aromatic heterocycles. The number of rotatable bonds is 8. The van der Waals surface area contributed by atoms with Crippen LogP contribution in [0.3, 0.4) is 0 Å². The molecule has 0 fully saturated rings. The fraction of sp³-hybridized carbons (Fsp3) is 0.312. The summed E-state index contributed by atoms with van der Waals surface area (Å²) in [6.07, 6.45) is 0.594. The van der Waals surface area contributed by atoms with Crippen LogP contribution in [0.5, 0.6) is 0 Å². The Morgan fingerprint density at radius 2 is 1.87 bits per heavy atom. The maximum absolute atomic E-state index is 12.2. The standard InChI is InChI=1S/C16H21N2O4P/c19-15(10-17-8-14-6-7-16(20)18-9-14)12-23(21,22)11-13-4-2-1-3-5-13/h1-7,9,15,17,19H,8,10-12H2,(H,18,20)(H,21,22)/t15-/m0/s1. The molecule has 0 saturated heterocycles. The number of hydrogen-bond donors (Lipinski definition) is 4. The molecule has 0 aliphatic heterocycles. The maximum Gasteiger partial charge on any atom is 0.247 e. The van der Waals surface area contributed by atoms with Gasteiger partial charge in [-0.2, -0.15) is 0 Å². The van der Waals surface area contributed by atoms with Gasteiger partial charge < -0.3 is 20.3 Å². The Bertz CT molecular complexity index is 697. The lowest BCUT2D eigenvalue weighted by Gasteiger charge is -2.17. The topological polar surface area (TPSA) is 102 Å². The number of aliphatic hydroxyl groups is 1. The first-order valence-electron chi connectivity index (χ1n) is 7.36. The summed E-state index contributed by atoms with van der Waals surface area (Å²) < 4.78 is 12.2. The summed E-state index contributed by atoms with van der Waals surface area (Å²) >= 11 is 0. The van der Waals surface area contributed by atoms with Crippen LogP contribution >= 0.6 is 7.37 Å². The highest BCUT2D eigenvalue weighted by atomic mass is 31.2. The molecule has 0 saturated carbocycles. The van der Waals surface area contributed by atoms with Crippen molar-refractivity contribution in [3.8, 4) is 0 Å². The summed E-state index contributed by atoms with van der Waals surface area (Å²) in [7, 11) is -3.43. The van der Waals surface area contributed by atoms with Gasteiger partial charge in [0.1, 0.15) is 0 Å². The van der Waals surface area contributed by atoms with Crippen molar-refractivity contribution in [1.29, 1.82) is 0 Å². The van der Waals surface area contributed by atoms with E-state index >= 15 is 0 Å². The number of nitrogens with one attached hydrogen (secondary N) is 2. The zero-order valence-corrected chi connectivity index (χ0v) is 13.6. The van der Waals surface area contributed by atoms with E-state index in [4.69, 9.17) is 0 Å². The van der Waals surface area contributed by atoms with Gasteiger partial charge in [0.25, 0.3) is 0 Å². The number of aromatic nitrogens is 1. The Morgan fingerprint density at radius 1 is 1.13 bits per heavy atom. The summed E-state index contributed by atoms with van der Waals surface area (Å²) in [6.45, 7) is 0.667. The molecule has 2 aromatic rings. The molecule has 4 N–H and O–H groups in total. The minimum atomic E-state index is -3.43. The fourth-order valence-corrected chi connectivity index (χ4v) is 3.96. The van der Waals surface area contributed by atoms with Crippen LogP contribution in [-0.4, -0.2) is 33.8 Å². The van der Waals surface area contributed by atoms with Gasteiger partial charge in [0.2, 0.25) is 12.9 Å². The van der Waals surface area contributed by atoms with Gasteiger partial charge in [-0.1, -0.05) is 36.4 Å². The Labute approximate surface area is 134 Å². The van der Waals surface area contributed by atoms with Gasteiger partial charge in [0.05, 0.1) is 12.3 Å². The predicted octanol–water partition coefficient (Wildman–Crippen LogP) is 1.30. The van der Waals surface area contributed by atoms with Crippen molar-refractivity contribution in [2.45, 2.75) is 18.8 Å². The van der Waals surface area contributed by atoms with E-state index in [0.717, 1.165) is 11.1 Å². The van der Waals surface area contributed by atoms with Crippen molar-refractivity contribution < 1.29 is 14.6 Å². The van der Waals surface area contributed by atoms with Crippen LogP contribution in [0.15, 0.2) is 53.5 Å². The third kappa shape index (κ3) is 6.50. The summed E-state index contributed by atoms with van der Waals surface area (Å²) in [4.78, 5) is 23.5.